The fourth-order valence-corrected chi connectivity index (χ4v) is 4.47. The Morgan fingerprint density at radius 1 is 1.04 bits per heavy atom. The molecule has 0 aliphatic carbocycles. The minimum absolute atomic E-state index is 0.00226. The number of nitrogens with zero attached hydrogens (tertiary/aromatic N) is 2. The second kappa shape index (κ2) is 7.47. The maximum absolute atomic E-state index is 12.8. The summed E-state index contributed by atoms with van der Waals surface area (Å²) in [6, 6.07) is 18.5. The van der Waals surface area contributed by atoms with Gasteiger partial charge in [0.1, 0.15) is 5.82 Å². The Kier molecular flexibility index (Phi) is 5.02. The van der Waals surface area contributed by atoms with Gasteiger partial charge in [-0.1, -0.05) is 54.6 Å². The Balaban J connectivity index is 1.50. The van der Waals surface area contributed by atoms with Gasteiger partial charge in [-0.05, 0) is 37.5 Å². The second-order valence-corrected chi connectivity index (χ2v) is 9.12. The quantitative estimate of drug-likeness (QED) is 0.662. The highest BCUT2D eigenvalue weighted by Crippen LogP contribution is 2.37. The van der Waals surface area contributed by atoms with E-state index < -0.39 is 0 Å². The summed E-state index contributed by atoms with van der Waals surface area (Å²) in [4.78, 5) is 12.8. The molecule has 3 aromatic rings. The number of aromatic nitrogens is 2. The van der Waals surface area contributed by atoms with Crippen LogP contribution in [0.2, 0.25) is 0 Å². The maximum Gasteiger partial charge on any atom is 0.229 e. The van der Waals surface area contributed by atoms with Crippen LogP contribution < -0.4 is 5.32 Å². The average Bonchev–Trinajstić information content (AvgIpc) is 3.25. The molecule has 2 heterocycles. The zero-order chi connectivity index (χ0) is 19.7. The van der Waals surface area contributed by atoms with Gasteiger partial charge in [0.15, 0.2) is 0 Å². The number of carbonyl (C=O) groups is 1. The SMILES string of the molecule is CC(C)(C)n1nc2c(c1NC(=O)Cc1ccc(-c3ccccc3)cc1)CSC2. The van der Waals surface area contributed by atoms with Crippen molar-refractivity contribution in [2.45, 2.75) is 44.2 Å². The topological polar surface area (TPSA) is 46.9 Å². The highest BCUT2D eigenvalue weighted by Gasteiger charge is 2.28. The Hall–Kier alpha value is -2.53. The van der Waals surface area contributed by atoms with Gasteiger partial charge in [0.2, 0.25) is 5.91 Å². The molecule has 5 heteroatoms. The van der Waals surface area contributed by atoms with Gasteiger partial charge in [0, 0.05) is 17.1 Å². The van der Waals surface area contributed by atoms with Gasteiger partial charge < -0.3 is 5.32 Å². The third-order valence-corrected chi connectivity index (χ3v) is 5.84. The van der Waals surface area contributed by atoms with E-state index in [1.807, 2.05) is 46.8 Å². The van der Waals surface area contributed by atoms with Crippen LogP contribution in [0, 0.1) is 0 Å². The van der Waals surface area contributed by atoms with Crippen LogP contribution in [0.25, 0.3) is 11.1 Å². The first-order chi connectivity index (χ1) is 13.4. The zero-order valence-electron chi connectivity index (χ0n) is 16.5. The number of hydrogen-bond donors (Lipinski definition) is 1. The van der Waals surface area contributed by atoms with E-state index in [1.54, 1.807) is 0 Å². The molecule has 0 bridgehead atoms. The number of fused-ring (bicyclic) bond motifs is 1. The van der Waals surface area contributed by atoms with E-state index in [0.717, 1.165) is 34.1 Å². The fraction of sp³-hybridized carbons (Fsp3) is 0.304. The van der Waals surface area contributed by atoms with Crippen molar-refractivity contribution in [3.8, 4) is 11.1 Å². The molecular weight excluding hydrogens is 366 g/mol. The number of amides is 1. The van der Waals surface area contributed by atoms with E-state index in [-0.39, 0.29) is 11.4 Å². The molecule has 1 aromatic heterocycles. The van der Waals surface area contributed by atoms with E-state index in [0.29, 0.717) is 6.42 Å². The lowest BCUT2D eigenvalue weighted by atomic mass is 10.0. The summed E-state index contributed by atoms with van der Waals surface area (Å²) in [5, 5.41) is 7.89. The van der Waals surface area contributed by atoms with Gasteiger partial charge in [-0.2, -0.15) is 16.9 Å². The molecule has 0 unspecified atom stereocenters. The van der Waals surface area contributed by atoms with Crippen molar-refractivity contribution in [1.29, 1.82) is 0 Å². The third-order valence-electron chi connectivity index (χ3n) is 4.87. The lowest BCUT2D eigenvalue weighted by Gasteiger charge is -2.23. The highest BCUT2D eigenvalue weighted by molar-refractivity contribution is 7.98. The number of rotatable bonds is 4. The van der Waals surface area contributed by atoms with Crippen LogP contribution in [0.15, 0.2) is 54.6 Å². The number of benzene rings is 2. The second-order valence-electron chi connectivity index (χ2n) is 8.14. The molecule has 144 valence electrons. The van der Waals surface area contributed by atoms with Crippen LogP contribution in [0.1, 0.15) is 37.6 Å². The number of thioether (sulfide) groups is 1. The van der Waals surface area contributed by atoms with Gasteiger partial charge in [-0.15, -0.1) is 0 Å². The Labute approximate surface area is 170 Å². The van der Waals surface area contributed by atoms with Crippen molar-refractivity contribution in [2.75, 3.05) is 5.32 Å². The summed E-state index contributed by atoms with van der Waals surface area (Å²) in [5.74, 6) is 2.69. The zero-order valence-corrected chi connectivity index (χ0v) is 17.3. The Morgan fingerprint density at radius 2 is 1.71 bits per heavy atom. The van der Waals surface area contributed by atoms with E-state index >= 15 is 0 Å². The molecule has 4 nitrogen and oxygen atoms in total. The summed E-state index contributed by atoms with van der Waals surface area (Å²) >= 11 is 1.85. The number of nitrogens with one attached hydrogen (secondary N) is 1. The lowest BCUT2D eigenvalue weighted by molar-refractivity contribution is -0.115. The van der Waals surface area contributed by atoms with Crippen molar-refractivity contribution in [1.82, 2.24) is 9.78 Å². The minimum Gasteiger partial charge on any atom is -0.310 e. The molecule has 0 spiro atoms. The van der Waals surface area contributed by atoms with Gasteiger partial charge in [-0.25, -0.2) is 4.68 Å². The van der Waals surface area contributed by atoms with Crippen molar-refractivity contribution in [2.24, 2.45) is 0 Å². The van der Waals surface area contributed by atoms with Crippen LogP contribution in [-0.2, 0) is 28.3 Å². The van der Waals surface area contributed by atoms with Crippen LogP contribution in [-0.4, -0.2) is 15.7 Å². The highest BCUT2D eigenvalue weighted by atomic mass is 32.2. The molecule has 0 saturated carbocycles. The van der Waals surface area contributed by atoms with Crippen molar-refractivity contribution in [3.63, 3.8) is 0 Å². The number of hydrogen-bond acceptors (Lipinski definition) is 3. The fourth-order valence-electron chi connectivity index (χ4n) is 3.43. The molecule has 1 aliphatic rings. The first kappa shape index (κ1) is 18.8. The monoisotopic (exact) mass is 391 g/mol. The van der Waals surface area contributed by atoms with Crippen LogP contribution in [0.4, 0.5) is 5.82 Å². The molecule has 4 rings (SSSR count). The summed E-state index contributed by atoms with van der Waals surface area (Å²) in [6.45, 7) is 6.33. The van der Waals surface area contributed by atoms with Crippen molar-refractivity contribution >= 4 is 23.5 Å². The molecular formula is C23H25N3OS. The molecule has 2 aromatic carbocycles. The molecule has 0 atom stereocenters. The molecule has 0 fully saturated rings. The van der Waals surface area contributed by atoms with E-state index in [2.05, 4.69) is 50.4 Å². The van der Waals surface area contributed by atoms with Gasteiger partial charge in [-0.3, -0.25) is 4.79 Å². The largest absolute Gasteiger partial charge is 0.310 e. The van der Waals surface area contributed by atoms with Crippen LogP contribution in [0.5, 0.6) is 0 Å². The summed E-state index contributed by atoms with van der Waals surface area (Å²) in [7, 11) is 0. The summed E-state index contributed by atoms with van der Waals surface area (Å²) in [6.07, 6.45) is 0.353. The summed E-state index contributed by atoms with van der Waals surface area (Å²) in [5.41, 5.74) is 5.45. The normalized spacial score (nSPS) is 13.4. The first-order valence-corrected chi connectivity index (χ1v) is 10.7. The standard InChI is InChI=1S/C23H25N3OS/c1-23(2,3)26-22(19-14-28-15-20(19)25-26)24-21(27)13-16-9-11-18(12-10-16)17-7-5-4-6-8-17/h4-12H,13-15H2,1-3H3,(H,24,27). The third kappa shape index (κ3) is 3.85. The van der Waals surface area contributed by atoms with Gasteiger partial charge in [0.05, 0.1) is 17.7 Å². The molecule has 0 radical (unpaired) electrons. The smallest absolute Gasteiger partial charge is 0.229 e. The first-order valence-electron chi connectivity index (χ1n) is 9.55. The predicted molar refractivity (Wildman–Crippen MR) is 116 cm³/mol. The number of anilines is 1. The van der Waals surface area contributed by atoms with Gasteiger partial charge >= 0.3 is 0 Å². The van der Waals surface area contributed by atoms with E-state index in [9.17, 15) is 4.79 Å². The van der Waals surface area contributed by atoms with E-state index in [1.165, 1.54) is 11.1 Å². The molecule has 1 aliphatic heterocycles. The van der Waals surface area contributed by atoms with Crippen LogP contribution >= 0.6 is 11.8 Å². The summed E-state index contributed by atoms with van der Waals surface area (Å²) < 4.78 is 1.97. The average molecular weight is 392 g/mol. The van der Waals surface area contributed by atoms with Gasteiger partial charge in [0.25, 0.3) is 0 Å². The minimum atomic E-state index is -0.172. The van der Waals surface area contributed by atoms with Crippen molar-refractivity contribution < 1.29 is 4.79 Å². The molecule has 1 N–H and O–H groups in total. The molecule has 28 heavy (non-hydrogen) atoms. The molecule has 0 saturated heterocycles. The lowest BCUT2D eigenvalue weighted by Crippen LogP contribution is -2.27. The van der Waals surface area contributed by atoms with Crippen LogP contribution in [0.3, 0.4) is 0 Å². The number of carbonyl (C=O) groups excluding carboxylic acids is 1. The van der Waals surface area contributed by atoms with Crippen molar-refractivity contribution in [3.05, 3.63) is 71.4 Å². The Bertz CT molecular complexity index is 985. The predicted octanol–water partition coefficient (Wildman–Crippen LogP) is 5.23. The van der Waals surface area contributed by atoms with E-state index in [4.69, 9.17) is 5.10 Å². The Morgan fingerprint density at radius 3 is 2.39 bits per heavy atom. The maximum atomic E-state index is 12.8. The molecule has 1 amide bonds.